The van der Waals surface area contributed by atoms with Crippen molar-refractivity contribution < 1.29 is 28.2 Å². The highest BCUT2D eigenvalue weighted by Crippen LogP contribution is 2.44. The number of carboxylic acid groups (broad SMARTS) is 1. The lowest BCUT2D eigenvalue weighted by molar-refractivity contribution is -0.142. The highest BCUT2D eigenvalue weighted by atomic mass is 28.4. The molecule has 1 N–H and O–H groups in total. The molecule has 0 spiro atoms. The summed E-state index contributed by atoms with van der Waals surface area (Å²) in [6.45, 7) is 33.8. The number of carboxylic acids is 1. The molecule has 232 valence electrons. The number of hydrogen-bond acceptors (Lipinski definition) is 5. The fourth-order valence-corrected chi connectivity index (χ4v) is 6.95. The van der Waals surface area contributed by atoms with Gasteiger partial charge in [-0.3, -0.25) is 4.79 Å². The molecule has 1 aromatic carbocycles. The molecule has 0 amide bonds. The molecule has 8 heteroatoms. The number of aliphatic carboxylic acids is 1. The van der Waals surface area contributed by atoms with Crippen LogP contribution >= 0.6 is 0 Å². The zero-order valence-corrected chi connectivity index (χ0v) is 29.5. The van der Waals surface area contributed by atoms with Crippen LogP contribution in [0.4, 0.5) is 0 Å². The summed E-state index contributed by atoms with van der Waals surface area (Å²) in [5.41, 5.74) is 2.77. The Morgan fingerprint density at radius 1 is 1.05 bits per heavy atom. The molecule has 1 saturated heterocycles. The standard InChI is InChI=1S/C33H56O6Si2/c1-23(20-29(34)35)25(3)30(39-41(12,13)33(7,8)9)31-27(38-40(10,11)32(4,5)6)19-24(2)28(37-31)22-36-21-26-17-15-14-16-18-26/h14-18,23,27-28,30-31H,2-3,19-22H2,1,4-13H3,(H,34,35)/t23-,27+,28+,30-,31+/m1/s1. The summed E-state index contributed by atoms with van der Waals surface area (Å²) in [6.07, 6.45) is -1.03. The Morgan fingerprint density at radius 2 is 1.61 bits per heavy atom. The summed E-state index contributed by atoms with van der Waals surface area (Å²) >= 11 is 0. The van der Waals surface area contributed by atoms with E-state index in [0.717, 1.165) is 16.7 Å². The third kappa shape index (κ3) is 9.73. The van der Waals surface area contributed by atoms with E-state index in [1.54, 1.807) is 0 Å². The van der Waals surface area contributed by atoms with Crippen LogP contribution in [0.1, 0.15) is 66.9 Å². The summed E-state index contributed by atoms with van der Waals surface area (Å²) in [6, 6.07) is 10.1. The summed E-state index contributed by atoms with van der Waals surface area (Å²) < 4.78 is 27.1. The number of rotatable bonds is 13. The third-order valence-electron chi connectivity index (χ3n) is 9.24. The van der Waals surface area contributed by atoms with Crippen molar-refractivity contribution >= 4 is 22.6 Å². The molecule has 1 heterocycles. The predicted molar refractivity (Wildman–Crippen MR) is 173 cm³/mol. The molecule has 5 atom stereocenters. The second-order valence-electron chi connectivity index (χ2n) is 14.7. The Hall–Kier alpha value is -1.56. The quantitative estimate of drug-likeness (QED) is 0.180. The maximum Gasteiger partial charge on any atom is 0.303 e. The van der Waals surface area contributed by atoms with Gasteiger partial charge in [0.2, 0.25) is 0 Å². The van der Waals surface area contributed by atoms with Gasteiger partial charge in [-0.2, -0.15) is 0 Å². The number of carbonyl (C=O) groups is 1. The van der Waals surface area contributed by atoms with Crippen molar-refractivity contribution in [1.29, 1.82) is 0 Å². The first-order valence-corrected chi connectivity index (χ1v) is 20.7. The van der Waals surface area contributed by atoms with Gasteiger partial charge in [-0.1, -0.05) is 92.0 Å². The molecular formula is C33H56O6Si2. The maximum atomic E-state index is 11.7. The van der Waals surface area contributed by atoms with E-state index < -0.39 is 34.8 Å². The minimum absolute atomic E-state index is 0.00206. The molecule has 0 radical (unpaired) electrons. The first kappa shape index (κ1) is 35.6. The normalized spacial score (nSPS) is 22.3. The second kappa shape index (κ2) is 13.8. The van der Waals surface area contributed by atoms with Crippen LogP contribution in [0.5, 0.6) is 0 Å². The average Bonchev–Trinajstić information content (AvgIpc) is 2.82. The van der Waals surface area contributed by atoms with Crippen LogP contribution in [0.2, 0.25) is 36.3 Å². The van der Waals surface area contributed by atoms with E-state index in [9.17, 15) is 9.90 Å². The average molecular weight is 605 g/mol. The molecule has 1 aliphatic heterocycles. The van der Waals surface area contributed by atoms with Crippen molar-refractivity contribution in [2.24, 2.45) is 5.92 Å². The molecule has 0 saturated carbocycles. The van der Waals surface area contributed by atoms with Gasteiger partial charge in [0, 0.05) is 0 Å². The van der Waals surface area contributed by atoms with E-state index in [1.807, 2.05) is 37.3 Å². The number of ether oxygens (including phenoxy) is 2. The molecule has 1 fully saturated rings. The van der Waals surface area contributed by atoms with Gasteiger partial charge in [0.05, 0.1) is 31.8 Å². The van der Waals surface area contributed by atoms with Gasteiger partial charge < -0.3 is 23.4 Å². The van der Waals surface area contributed by atoms with E-state index in [-0.39, 0.29) is 34.6 Å². The molecule has 0 bridgehead atoms. The first-order valence-electron chi connectivity index (χ1n) is 14.9. The minimum Gasteiger partial charge on any atom is -0.481 e. The number of benzene rings is 1. The fraction of sp³-hybridized carbons (Fsp3) is 0.667. The molecule has 41 heavy (non-hydrogen) atoms. The third-order valence-corrected chi connectivity index (χ3v) is 18.2. The van der Waals surface area contributed by atoms with Crippen molar-refractivity contribution in [3.63, 3.8) is 0 Å². The van der Waals surface area contributed by atoms with Gasteiger partial charge in [0.15, 0.2) is 16.6 Å². The Morgan fingerprint density at radius 3 is 2.12 bits per heavy atom. The van der Waals surface area contributed by atoms with Crippen LogP contribution < -0.4 is 0 Å². The van der Waals surface area contributed by atoms with Crippen LogP contribution in [0, 0.1) is 5.92 Å². The lowest BCUT2D eigenvalue weighted by Gasteiger charge is -2.49. The van der Waals surface area contributed by atoms with Gasteiger partial charge in [-0.05, 0) is 65.3 Å². The van der Waals surface area contributed by atoms with Crippen molar-refractivity contribution in [3.8, 4) is 0 Å². The Labute approximate surface area is 251 Å². The fourth-order valence-electron chi connectivity index (χ4n) is 4.35. The van der Waals surface area contributed by atoms with Crippen LogP contribution in [-0.4, -0.2) is 58.7 Å². The van der Waals surface area contributed by atoms with E-state index in [2.05, 4.69) is 80.9 Å². The zero-order chi connectivity index (χ0) is 31.4. The largest absolute Gasteiger partial charge is 0.481 e. The Balaban J connectivity index is 2.48. The van der Waals surface area contributed by atoms with Crippen molar-refractivity contribution in [1.82, 2.24) is 0 Å². The van der Waals surface area contributed by atoms with Crippen LogP contribution in [0.15, 0.2) is 54.6 Å². The molecule has 0 unspecified atom stereocenters. The van der Waals surface area contributed by atoms with E-state index in [0.29, 0.717) is 19.6 Å². The van der Waals surface area contributed by atoms with Crippen molar-refractivity contribution in [2.75, 3.05) is 6.61 Å². The van der Waals surface area contributed by atoms with E-state index >= 15 is 0 Å². The van der Waals surface area contributed by atoms with Gasteiger partial charge in [-0.25, -0.2) is 0 Å². The summed E-state index contributed by atoms with van der Waals surface area (Å²) in [5.74, 6) is -1.15. The van der Waals surface area contributed by atoms with Crippen LogP contribution in [0.3, 0.4) is 0 Å². The highest BCUT2D eigenvalue weighted by molar-refractivity contribution is 6.74. The monoisotopic (exact) mass is 604 g/mol. The zero-order valence-electron chi connectivity index (χ0n) is 27.5. The van der Waals surface area contributed by atoms with Crippen LogP contribution in [-0.2, 0) is 29.7 Å². The Bertz CT molecular complexity index is 1040. The Kier molecular flexibility index (Phi) is 12.0. The molecule has 0 aliphatic carbocycles. The SMILES string of the molecule is C=C1C[C@H](O[Si](C)(C)C(C)(C)C)[C@@H]([C@H](O[Si](C)(C)C(C)(C)C)C(=C)[C@H](C)CC(=O)O)O[C@H]1COCc1ccccc1. The van der Waals surface area contributed by atoms with Gasteiger partial charge in [0.1, 0.15) is 12.2 Å². The maximum absolute atomic E-state index is 11.7. The molecule has 2 rings (SSSR count). The summed E-state index contributed by atoms with van der Waals surface area (Å²) in [7, 11) is -4.52. The topological polar surface area (TPSA) is 74.2 Å². The lowest BCUT2D eigenvalue weighted by atomic mass is 9.86. The summed E-state index contributed by atoms with van der Waals surface area (Å²) in [4.78, 5) is 11.7. The molecule has 6 nitrogen and oxygen atoms in total. The molecule has 0 aromatic heterocycles. The molecule has 1 aromatic rings. The van der Waals surface area contributed by atoms with Gasteiger partial charge >= 0.3 is 5.97 Å². The summed E-state index contributed by atoms with van der Waals surface area (Å²) in [5, 5.41) is 9.53. The first-order chi connectivity index (χ1) is 18.7. The lowest BCUT2D eigenvalue weighted by Crippen LogP contribution is -2.58. The van der Waals surface area contributed by atoms with E-state index in [4.69, 9.17) is 18.3 Å². The molecule has 1 aliphatic rings. The van der Waals surface area contributed by atoms with Gasteiger partial charge in [0.25, 0.3) is 0 Å². The minimum atomic E-state index is -2.32. The smallest absolute Gasteiger partial charge is 0.303 e. The second-order valence-corrected chi connectivity index (χ2v) is 24.3. The van der Waals surface area contributed by atoms with Crippen molar-refractivity contribution in [2.45, 2.75) is 129 Å². The van der Waals surface area contributed by atoms with E-state index in [1.165, 1.54) is 0 Å². The molecular weight excluding hydrogens is 549 g/mol. The van der Waals surface area contributed by atoms with Crippen LogP contribution in [0.25, 0.3) is 0 Å². The predicted octanol–water partition coefficient (Wildman–Crippen LogP) is 8.36. The van der Waals surface area contributed by atoms with Crippen molar-refractivity contribution in [3.05, 3.63) is 60.2 Å². The highest BCUT2D eigenvalue weighted by Gasteiger charge is 2.49. The van der Waals surface area contributed by atoms with Gasteiger partial charge in [-0.15, -0.1) is 0 Å². The number of hydrogen-bond donors (Lipinski definition) is 1.